The maximum absolute atomic E-state index is 11.4. The molecule has 0 radical (unpaired) electrons. The van der Waals surface area contributed by atoms with E-state index in [0.29, 0.717) is 10.6 Å². The maximum Gasteiger partial charge on any atom is 0.311 e. The molecule has 6 heteroatoms. The topological polar surface area (TPSA) is 71.4 Å². The largest absolute Gasteiger partial charge is 0.481 e. The summed E-state index contributed by atoms with van der Waals surface area (Å²) in [6.07, 6.45) is 0.0765. The van der Waals surface area contributed by atoms with E-state index in [9.17, 15) is 13.2 Å². The molecule has 0 saturated heterocycles. The Kier molecular flexibility index (Phi) is 5.16. The molecule has 0 aromatic heterocycles. The van der Waals surface area contributed by atoms with Gasteiger partial charge >= 0.3 is 5.97 Å². The van der Waals surface area contributed by atoms with Gasteiger partial charge < -0.3 is 5.11 Å². The third-order valence-electron chi connectivity index (χ3n) is 2.73. The lowest BCUT2D eigenvalue weighted by Crippen LogP contribution is -2.17. The molecule has 0 heterocycles. The molecule has 0 aliphatic rings. The second-order valence-corrected chi connectivity index (χ2v) is 6.88. The first kappa shape index (κ1) is 15.0. The highest BCUT2D eigenvalue weighted by atomic mass is 35.5. The van der Waals surface area contributed by atoms with Crippen LogP contribution in [0.3, 0.4) is 0 Å². The molecule has 0 bridgehead atoms. The summed E-state index contributed by atoms with van der Waals surface area (Å²) in [7, 11) is -3.15. The molecule has 0 aliphatic carbocycles. The van der Waals surface area contributed by atoms with Crippen molar-refractivity contribution in [3.05, 3.63) is 34.9 Å². The Bertz CT molecular complexity index is 507. The summed E-state index contributed by atoms with van der Waals surface area (Å²) >= 11 is 5.72. The van der Waals surface area contributed by atoms with Crippen LogP contribution in [0.2, 0.25) is 5.02 Å². The van der Waals surface area contributed by atoms with Gasteiger partial charge in [-0.15, -0.1) is 0 Å². The fraction of sp³-hybridized carbons (Fsp3) is 0.417. The summed E-state index contributed by atoms with van der Waals surface area (Å²) in [4.78, 5) is 11.2. The molecule has 0 saturated carbocycles. The molecule has 1 atom stereocenters. The van der Waals surface area contributed by atoms with Crippen molar-refractivity contribution in [1.82, 2.24) is 0 Å². The van der Waals surface area contributed by atoms with E-state index in [1.807, 2.05) is 0 Å². The minimum Gasteiger partial charge on any atom is -0.481 e. The second kappa shape index (κ2) is 6.20. The smallest absolute Gasteiger partial charge is 0.311 e. The first-order valence-electron chi connectivity index (χ1n) is 5.54. The zero-order valence-corrected chi connectivity index (χ0v) is 11.5. The molecule has 1 aromatic carbocycles. The normalized spacial score (nSPS) is 13.2. The van der Waals surface area contributed by atoms with Crippen molar-refractivity contribution in [2.24, 2.45) is 0 Å². The minimum atomic E-state index is -3.15. The SMILES string of the molecule is CCS(=O)(=O)CCC(C(=O)O)c1ccc(Cl)cc1. The van der Waals surface area contributed by atoms with Crippen molar-refractivity contribution in [2.75, 3.05) is 11.5 Å². The molecule has 0 fully saturated rings. The molecule has 0 amide bonds. The van der Waals surface area contributed by atoms with Gasteiger partial charge in [0.25, 0.3) is 0 Å². The van der Waals surface area contributed by atoms with Gasteiger partial charge in [-0.3, -0.25) is 4.79 Å². The van der Waals surface area contributed by atoms with Gasteiger partial charge in [-0.05, 0) is 24.1 Å². The molecule has 0 aliphatic heterocycles. The Morgan fingerprint density at radius 3 is 2.33 bits per heavy atom. The van der Waals surface area contributed by atoms with Gasteiger partial charge in [0.15, 0.2) is 0 Å². The molecule has 100 valence electrons. The molecular weight excluding hydrogens is 276 g/mol. The van der Waals surface area contributed by atoms with Gasteiger partial charge in [0.2, 0.25) is 0 Å². The lowest BCUT2D eigenvalue weighted by Gasteiger charge is -2.12. The van der Waals surface area contributed by atoms with Crippen molar-refractivity contribution in [1.29, 1.82) is 0 Å². The van der Waals surface area contributed by atoms with E-state index in [2.05, 4.69) is 0 Å². The number of benzene rings is 1. The highest BCUT2D eigenvalue weighted by Gasteiger charge is 2.22. The number of hydrogen-bond donors (Lipinski definition) is 1. The number of hydrogen-bond acceptors (Lipinski definition) is 3. The Labute approximate surface area is 112 Å². The van der Waals surface area contributed by atoms with E-state index >= 15 is 0 Å². The number of sulfone groups is 1. The van der Waals surface area contributed by atoms with Crippen LogP contribution in [0.5, 0.6) is 0 Å². The molecule has 4 nitrogen and oxygen atoms in total. The quantitative estimate of drug-likeness (QED) is 0.873. The lowest BCUT2D eigenvalue weighted by molar-refractivity contribution is -0.138. The van der Waals surface area contributed by atoms with Gasteiger partial charge in [0, 0.05) is 10.8 Å². The van der Waals surface area contributed by atoms with Crippen molar-refractivity contribution in [3.8, 4) is 0 Å². The standard InChI is InChI=1S/C12H15ClO4S/c1-2-18(16,17)8-7-11(12(14)15)9-3-5-10(13)6-4-9/h3-6,11H,2,7-8H2,1H3,(H,14,15). The first-order valence-corrected chi connectivity index (χ1v) is 7.74. The van der Waals surface area contributed by atoms with Crippen molar-refractivity contribution >= 4 is 27.4 Å². The van der Waals surface area contributed by atoms with E-state index in [1.165, 1.54) is 0 Å². The third-order valence-corrected chi connectivity index (χ3v) is 4.72. The number of carboxylic acids is 1. The fourth-order valence-corrected chi connectivity index (χ4v) is 2.58. The Hall–Kier alpha value is -1.07. The fourth-order valence-electron chi connectivity index (χ4n) is 1.57. The number of halogens is 1. The van der Waals surface area contributed by atoms with E-state index in [4.69, 9.17) is 16.7 Å². The first-order chi connectivity index (χ1) is 8.35. The van der Waals surface area contributed by atoms with E-state index in [-0.39, 0.29) is 17.9 Å². The molecule has 1 unspecified atom stereocenters. The zero-order chi connectivity index (χ0) is 13.8. The number of aliphatic carboxylic acids is 1. The Balaban J connectivity index is 2.84. The summed E-state index contributed by atoms with van der Waals surface area (Å²) in [5, 5.41) is 9.66. The summed E-state index contributed by atoms with van der Waals surface area (Å²) < 4.78 is 22.8. The van der Waals surface area contributed by atoms with Crippen LogP contribution >= 0.6 is 11.6 Å². The molecule has 1 N–H and O–H groups in total. The Morgan fingerprint density at radius 1 is 1.33 bits per heavy atom. The molecule has 1 rings (SSSR count). The predicted molar refractivity (Wildman–Crippen MR) is 70.8 cm³/mol. The lowest BCUT2D eigenvalue weighted by atomic mass is 9.97. The third kappa shape index (κ3) is 4.31. The summed E-state index contributed by atoms with van der Waals surface area (Å²) in [6.45, 7) is 1.55. The van der Waals surface area contributed by atoms with Crippen LogP contribution < -0.4 is 0 Å². The van der Waals surface area contributed by atoms with Crippen LogP contribution in [0.15, 0.2) is 24.3 Å². The van der Waals surface area contributed by atoms with E-state index < -0.39 is 21.7 Å². The van der Waals surface area contributed by atoms with Gasteiger partial charge in [-0.25, -0.2) is 8.42 Å². The summed E-state index contributed by atoms with van der Waals surface area (Å²) in [5.74, 6) is -1.93. The van der Waals surface area contributed by atoms with Crippen molar-refractivity contribution in [2.45, 2.75) is 19.3 Å². The molecule has 0 spiro atoms. The van der Waals surface area contributed by atoms with E-state index in [1.54, 1.807) is 31.2 Å². The van der Waals surface area contributed by atoms with Crippen LogP contribution in [-0.4, -0.2) is 31.0 Å². The number of carbonyl (C=O) groups is 1. The maximum atomic E-state index is 11.4. The number of rotatable bonds is 6. The van der Waals surface area contributed by atoms with Crippen LogP contribution in [-0.2, 0) is 14.6 Å². The van der Waals surface area contributed by atoms with Crippen molar-refractivity contribution < 1.29 is 18.3 Å². The molecule has 18 heavy (non-hydrogen) atoms. The summed E-state index contributed by atoms with van der Waals surface area (Å²) in [6, 6.07) is 6.42. The molecular formula is C12H15ClO4S. The summed E-state index contributed by atoms with van der Waals surface area (Å²) in [5.41, 5.74) is 0.568. The zero-order valence-electron chi connectivity index (χ0n) is 9.97. The van der Waals surface area contributed by atoms with Crippen molar-refractivity contribution in [3.63, 3.8) is 0 Å². The monoisotopic (exact) mass is 290 g/mol. The Morgan fingerprint density at radius 2 is 1.89 bits per heavy atom. The van der Waals surface area contributed by atoms with Gasteiger partial charge in [-0.1, -0.05) is 30.7 Å². The van der Waals surface area contributed by atoms with Gasteiger partial charge in [0.1, 0.15) is 9.84 Å². The van der Waals surface area contributed by atoms with Crippen LogP contribution in [0.1, 0.15) is 24.8 Å². The highest BCUT2D eigenvalue weighted by molar-refractivity contribution is 7.91. The highest BCUT2D eigenvalue weighted by Crippen LogP contribution is 2.22. The molecule has 1 aromatic rings. The number of carboxylic acid groups (broad SMARTS) is 1. The van der Waals surface area contributed by atoms with Crippen LogP contribution in [0.25, 0.3) is 0 Å². The average Bonchev–Trinajstić information content (AvgIpc) is 2.31. The second-order valence-electron chi connectivity index (χ2n) is 3.97. The van der Waals surface area contributed by atoms with Gasteiger partial charge in [-0.2, -0.15) is 0 Å². The minimum absolute atomic E-state index is 0.0277. The van der Waals surface area contributed by atoms with Crippen LogP contribution in [0.4, 0.5) is 0 Å². The van der Waals surface area contributed by atoms with Gasteiger partial charge in [0.05, 0.1) is 11.7 Å². The van der Waals surface area contributed by atoms with Crippen LogP contribution in [0, 0.1) is 0 Å². The average molecular weight is 291 g/mol. The van der Waals surface area contributed by atoms with E-state index in [0.717, 1.165) is 0 Å². The predicted octanol–water partition coefficient (Wildman–Crippen LogP) is 2.33.